The van der Waals surface area contributed by atoms with Gasteiger partial charge in [-0.2, -0.15) is 0 Å². The first-order valence-corrected chi connectivity index (χ1v) is 5.05. The Labute approximate surface area is 101 Å². The van der Waals surface area contributed by atoms with E-state index in [0.717, 1.165) is 0 Å². The van der Waals surface area contributed by atoms with Crippen LogP contribution in [0.1, 0.15) is 0 Å². The van der Waals surface area contributed by atoms with E-state index >= 15 is 0 Å². The van der Waals surface area contributed by atoms with Gasteiger partial charge in [-0.3, -0.25) is 0 Å². The van der Waals surface area contributed by atoms with Gasteiger partial charge in [0.25, 0.3) is 0 Å². The summed E-state index contributed by atoms with van der Waals surface area (Å²) in [5, 5.41) is 0. The summed E-state index contributed by atoms with van der Waals surface area (Å²) >= 11 is 1.79. The zero-order valence-electron chi connectivity index (χ0n) is 8.18. The molecule has 0 aliphatic rings. The van der Waals surface area contributed by atoms with Crippen molar-refractivity contribution in [2.75, 3.05) is 0 Å². The van der Waals surface area contributed by atoms with Crippen LogP contribution in [0.2, 0.25) is 0 Å². The molecule has 2 aromatic rings. The summed E-state index contributed by atoms with van der Waals surface area (Å²) in [5.74, 6) is 0. The molecule has 0 bridgehead atoms. The largest absolute Gasteiger partial charge is 0.0901 e. The minimum absolute atomic E-state index is 0. The molecule has 2 rings (SSSR count). The minimum Gasteiger partial charge on any atom is -0.0901 e. The molecule has 0 spiro atoms. The molecule has 2 aromatic carbocycles. The third-order valence-corrected chi connectivity index (χ3v) is 2.74. The standard InChI is InChI=1S/C12H10S.Li/c1-3-7-11(8-4-1)13-12-9-5-2-6-10-12;/h1-10H;. The van der Waals surface area contributed by atoms with Crippen LogP contribution in [-0.4, -0.2) is 18.9 Å². The normalized spacial score (nSPS) is 9.14. The molecular weight excluding hydrogens is 183 g/mol. The van der Waals surface area contributed by atoms with Crippen LogP contribution in [0, 0.1) is 0 Å². The predicted octanol–water partition coefficient (Wildman–Crippen LogP) is 3.46. The van der Waals surface area contributed by atoms with Crippen LogP contribution >= 0.6 is 11.8 Å². The van der Waals surface area contributed by atoms with Gasteiger partial charge < -0.3 is 0 Å². The molecule has 1 radical (unpaired) electrons. The van der Waals surface area contributed by atoms with Crippen LogP contribution in [0.15, 0.2) is 70.5 Å². The molecule has 0 atom stereocenters. The van der Waals surface area contributed by atoms with E-state index < -0.39 is 0 Å². The second kappa shape index (κ2) is 5.98. The van der Waals surface area contributed by atoms with E-state index in [4.69, 9.17) is 0 Å². The van der Waals surface area contributed by atoms with Gasteiger partial charge in [0.1, 0.15) is 0 Å². The van der Waals surface area contributed by atoms with E-state index in [1.807, 2.05) is 12.1 Å². The van der Waals surface area contributed by atoms with Crippen molar-refractivity contribution in [1.82, 2.24) is 0 Å². The summed E-state index contributed by atoms with van der Waals surface area (Å²) < 4.78 is 0. The Balaban J connectivity index is 0.000000980. The molecule has 65 valence electrons. The van der Waals surface area contributed by atoms with Gasteiger partial charge in [-0.25, -0.2) is 0 Å². The van der Waals surface area contributed by atoms with Gasteiger partial charge in [-0.1, -0.05) is 48.2 Å². The van der Waals surface area contributed by atoms with Crippen molar-refractivity contribution in [1.29, 1.82) is 0 Å². The summed E-state index contributed by atoms with van der Waals surface area (Å²) in [6.45, 7) is 0. The van der Waals surface area contributed by atoms with Crippen molar-refractivity contribution in [2.24, 2.45) is 0 Å². The Bertz CT molecular complexity index is 321. The first-order chi connectivity index (χ1) is 6.45. The van der Waals surface area contributed by atoms with Crippen LogP contribution in [0.4, 0.5) is 0 Å². The molecule has 0 nitrogen and oxygen atoms in total. The molecule has 0 heterocycles. The van der Waals surface area contributed by atoms with Gasteiger partial charge in [-0.15, -0.1) is 0 Å². The average Bonchev–Trinajstić information content (AvgIpc) is 2.21. The first-order valence-electron chi connectivity index (χ1n) is 4.23. The van der Waals surface area contributed by atoms with E-state index in [0.29, 0.717) is 0 Å². The molecule has 2 heteroatoms. The molecule has 14 heavy (non-hydrogen) atoms. The zero-order valence-corrected chi connectivity index (χ0v) is 9.00. The maximum absolute atomic E-state index is 2.12. The molecule has 0 aliphatic heterocycles. The van der Waals surface area contributed by atoms with Gasteiger partial charge in [0.05, 0.1) is 0 Å². The van der Waals surface area contributed by atoms with Crippen molar-refractivity contribution >= 4 is 30.6 Å². The van der Waals surface area contributed by atoms with Crippen LogP contribution in [0.5, 0.6) is 0 Å². The first kappa shape index (κ1) is 11.5. The van der Waals surface area contributed by atoms with E-state index in [9.17, 15) is 0 Å². The fourth-order valence-corrected chi connectivity index (χ4v) is 1.97. The Morgan fingerprint density at radius 3 is 1.29 bits per heavy atom. The van der Waals surface area contributed by atoms with Gasteiger partial charge in [0.15, 0.2) is 0 Å². The molecule has 0 unspecified atom stereocenters. The average molecular weight is 193 g/mol. The number of hydrogen-bond acceptors (Lipinski definition) is 1. The van der Waals surface area contributed by atoms with Gasteiger partial charge >= 0.3 is 0 Å². The summed E-state index contributed by atoms with van der Waals surface area (Å²) in [5.41, 5.74) is 0. The molecule has 0 aromatic heterocycles. The van der Waals surface area contributed by atoms with E-state index in [2.05, 4.69) is 48.5 Å². The van der Waals surface area contributed by atoms with Crippen molar-refractivity contribution in [3.05, 3.63) is 60.7 Å². The summed E-state index contributed by atoms with van der Waals surface area (Å²) in [7, 11) is 0. The summed E-state index contributed by atoms with van der Waals surface area (Å²) in [6, 6.07) is 20.8. The maximum atomic E-state index is 2.12. The fourth-order valence-electron chi connectivity index (χ4n) is 1.11. The Morgan fingerprint density at radius 1 is 0.571 bits per heavy atom. The third-order valence-electron chi connectivity index (χ3n) is 1.72. The monoisotopic (exact) mass is 193 g/mol. The van der Waals surface area contributed by atoms with Crippen LogP contribution in [0.25, 0.3) is 0 Å². The quantitative estimate of drug-likeness (QED) is 0.658. The van der Waals surface area contributed by atoms with E-state index in [-0.39, 0.29) is 18.9 Å². The van der Waals surface area contributed by atoms with Crippen LogP contribution in [-0.2, 0) is 0 Å². The second-order valence-corrected chi connectivity index (χ2v) is 3.88. The van der Waals surface area contributed by atoms with Gasteiger partial charge in [0.2, 0.25) is 0 Å². The fraction of sp³-hybridized carbons (Fsp3) is 0. The molecule has 0 saturated heterocycles. The van der Waals surface area contributed by atoms with Gasteiger partial charge in [0, 0.05) is 28.7 Å². The van der Waals surface area contributed by atoms with Crippen LogP contribution < -0.4 is 0 Å². The molecule has 0 amide bonds. The minimum atomic E-state index is 0. The van der Waals surface area contributed by atoms with Crippen molar-refractivity contribution in [3.63, 3.8) is 0 Å². The van der Waals surface area contributed by atoms with Crippen molar-refractivity contribution < 1.29 is 0 Å². The molecule has 0 N–H and O–H groups in total. The summed E-state index contributed by atoms with van der Waals surface area (Å²) in [4.78, 5) is 2.57. The maximum Gasteiger partial charge on any atom is 0.0122 e. The molecule has 0 saturated carbocycles. The third kappa shape index (κ3) is 3.27. The van der Waals surface area contributed by atoms with E-state index in [1.165, 1.54) is 9.79 Å². The smallest absolute Gasteiger partial charge is 0.0122 e. The Kier molecular flexibility index (Phi) is 4.90. The predicted molar refractivity (Wildman–Crippen MR) is 62.8 cm³/mol. The topological polar surface area (TPSA) is 0 Å². The van der Waals surface area contributed by atoms with E-state index in [1.54, 1.807) is 11.8 Å². The zero-order chi connectivity index (χ0) is 8.93. The number of hydrogen-bond donors (Lipinski definition) is 0. The van der Waals surface area contributed by atoms with Crippen LogP contribution in [0.3, 0.4) is 0 Å². The second-order valence-electron chi connectivity index (χ2n) is 2.73. The SMILES string of the molecule is [Li].c1ccc(Sc2ccccc2)cc1. The Morgan fingerprint density at radius 2 is 0.929 bits per heavy atom. The molecular formula is C12H10LiS. The number of rotatable bonds is 2. The Hall–Kier alpha value is -0.613. The number of benzene rings is 2. The van der Waals surface area contributed by atoms with Crippen molar-refractivity contribution in [2.45, 2.75) is 9.79 Å². The van der Waals surface area contributed by atoms with Gasteiger partial charge in [-0.05, 0) is 24.3 Å². The molecule has 0 aliphatic carbocycles. The van der Waals surface area contributed by atoms with Crippen molar-refractivity contribution in [3.8, 4) is 0 Å². The molecule has 0 fully saturated rings. The summed E-state index contributed by atoms with van der Waals surface area (Å²) in [6.07, 6.45) is 0.